The highest BCUT2D eigenvalue weighted by atomic mass is 35.5. The number of benzene rings is 1. The molecule has 1 fully saturated rings. The number of carbonyl (C=O) groups excluding carboxylic acids is 2. The summed E-state index contributed by atoms with van der Waals surface area (Å²) in [6, 6.07) is 10.9. The van der Waals surface area contributed by atoms with Crippen LogP contribution in [0, 0.1) is 5.92 Å². The van der Waals surface area contributed by atoms with Gasteiger partial charge in [-0.1, -0.05) is 41.0 Å². The first kappa shape index (κ1) is 25.9. The van der Waals surface area contributed by atoms with Gasteiger partial charge < -0.3 is 10.2 Å². The molecule has 35 heavy (non-hydrogen) atoms. The number of nitrogens with one attached hydrogen (secondary N) is 1. The molecule has 1 aromatic carbocycles. The zero-order valence-corrected chi connectivity index (χ0v) is 22.0. The molecule has 5 rings (SSSR count). The highest BCUT2D eigenvalue weighted by Gasteiger charge is 2.24. The van der Waals surface area contributed by atoms with Crippen LogP contribution in [0.3, 0.4) is 0 Å². The summed E-state index contributed by atoms with van der Waals surface area (Å²) in [6.45, 7) is 2.11. The van der Waals surface area contributed by atoms with Crippen LogP contribution in [0.25, 0.3) is 11.7 Å². The highest BCUT2D eigenvalue weighted by molar-refractivity contribution is 8.04. The molecule has 10 heteroatoms. The largest absolute Gasteiger partial charge is 0.352 e. The summed E-state index contributed by atoms with van der Waals surface area (Å²) >= 11 is 13.5. The van der Waals surface area contributed by atoms with Crippen LogP contribution in [-0.2, 0) is 4.79 Å². The summed E-state index contributed by atoms with van der Waals surface area (Å²) in [4.78, 5) is 32.4. The van der Waals surface area contributed by atoms with E-state index in [4.69, 9.17) is 23.2 Å². The van der Waals surface area contributed by atoms with E-state index in [1.54, 1.807) is 24.4 Å². The lowest BCUT2D eigenvalue weighted by Gasteiger charge is -2.32. The average molecular weight is 552 g/mol. The summed E-state index contributed by atoms with van der Waals surface area (Å²) in [6.07, 6.45) is 7.58. The molecule has 4 heterocycles. The van der Waals surface area contributed by atoms with Crippen LogP contribution in [0.5, 0.6) is 0 Å². The SMILES string of the molecule is Cl.O=C(NCCCC1CCN(C(=O)c2ccc(Cl)c(Cl)c2)CC1)C1=Cc2cnc3cccc(n23)S1. The van der Waals surface area contributed by atoms with Crippen molar-refractivity contribution in [1.82, 2.24) is 19.6 Å². The van der Waals surface area contributed by atoms with Crippen LogP contribution >= 0.6 is 47.4 Å². The van der Waals surface area contributed by atoms with E-state index in [9.17, 15) is 9.59 Å². The molecule has 0 aliphatic carbocycles. The third-order valence-electron chi connectivity index (χ3n) is 6.38. The van der Waals surface area contributed by atoms with Gasteiger partial charge >= 0.3 is 0 Å². The maximum absolute atomic E-state index is 12.7. The van der Waals surface area contributed by atoms with Crippen molar-refractivity contribution >= 4 is 70.9 Å². The monoisotopic (exact) mass is 550 g/mol. The Balaban J connectivity index is 0.00000289. The van der Waals surface area contributed by atoms with Crippen molar-refractivity contribution < 1.29 is 9.59 Å². The molecule has 2 amide bonds. The van der Waals surface area contributed by atoms with Gasteiger partial charge in [-0.15, -0.1) is 12.4 Å². The van der Waals surface area contributed by atoms with Gasteiger partial charge in [-0.25, -0.2) is 4.98 Å². The van der Waals surface area contributed by atoms with E-state index in [0.29, 0.717) is 33.0 Å². The van der Waals surface area contributed by atoms with Crippen molar-refractivity contribution in [3.8, 4) is 0 Å². The van der Waals surface area contributed by atoms with Crippen LogP contribution in [0.2, 0.25) is 10.0 Å². The minimum absolute atomic E-state index is 0. The second-order valence-corrected chi connectivity index (χ2v) is 10.5. The van der Waals surface area contributed by atoms with Gasteiger partial charge in [-0.05, 0) is 68.0 Å². The van der Waals surface area contributed by atoms with Crippen LogP contribution < -0.4 is 5.32 Å². The first-order chi connectivity index (χ1) is 16.5. The summed E-state index contributed by atoms with van der Waals surface area (Å²) in [7, 11) is 0. The fourth-order valence-corrected chi connectivity index (χ4v) is 5.82. The Hall–Kier alpha value is -2.19. The van der Waals surface area contributed by atoms with Crippen LogP contribution in [-0.4, -0.2) is 45.7 Å². The summed E-state index contributed by atoms with van der Waals surface area (Å²) < 4.78 is 2.06. The Morgan fingerprint density at radius 3 is 2.69 bits per heavy atom. The average Bonchev–Trinajstić information content (AvgIpc) is 3.28. The van der Waals surface area contributed by atoms with E-state index >= 15 is 0 Å². The summed E-state index contributed by atoms with van der Waals surface area (Å²) in [5.74, 6) is 0.515. The van der Waals surface area contributed by atoms with Crippen molar-refractivity contribution in [3.63, 3.8) is 0 Å². The first-order valence-corrected chi connectivity index (χ1v) is 13.0. The van der Waals surface area contributed by atoms with Gasteiger partial charge in [0.15, 0.2) is 0 Å². The molecule has 0 radical (unpaired) electrons. The van der Waals surface area contributed by atoms with Gasteiger partial charge in [0, 0.05) is 25.2 Å². The number of rotatable bonds is 6. The lowest BCUT2D eigenvalue weighted by atomic mass is 9.92. The van der Waals surface area contributed by atoms with Gasteiger partial charge in [-0.3, -0.25) is 14.0 Å². The Labute approximate surface area is 224 Å². The molecular formula is C25H25Cl3N4O2S. The van der Waals surface area contributed by atoms with E-state index in [0.717, 1.165) is 55.1 Å². The van der Waals surface area contributed by atoms with Gasteiger partial charge in [-0.2, -0.15) is 0 Å². The number of imidazole rings is 1. The zero-order chi connectivity index (χ0) is 23.7. The Morgan fingerprint density at radius 1 is 1.11 bits per heavy atom. The van der Waals surface area contributed by atoms with E-state index in [1.807, 2.05) is 29.2 Å². The summed E-state index contributed by atoms with van der Waals surface area (Å²) in [5.41, 5.74) is 2.39. The molecule has 0 saturated carbocycles. The van der Waals surface area contributed by atoms with Crippen LogP contribution in [0.15, 0.2) is 52.5 Å². The predicted octanol–water partition coefficient (Wildman–Crippen LogP) is 5.96. The number of nitrogens with zero attached hydrogens (tertiary/aromatic N) is 3. The number of amides is 2. The number of hydrogen-bond acceptors (Lipinski definition) is 4. The molecule has 0 atom stereocenters. The van der Waals surface area contributed by atoms with Gasteiger partial charge in [0.1, 0.15) is 5.65 Å². The fraction of sp³-hybridized carbons (Fsp3) is 0.320. The smallest absolute Gasteiger partial charge is 0.258 e. The third-order valence-corrected chi connectivity index (χ3v) is 8.17. The van der Waals surface area contributed by atoms with E-state index < -0.39 is 0 Å². The van der Waals surface area contributed by atoms with Crippen molar-refractivity contribution in [1.29, 1.82) is 0 Å². The number of pyridine rings is 1. The fourth-order valence-electron chi connectivity index (χ4n) is 4.51. The second-order valence-electron chi connectivity index (χ2n) is 8.61. The topological polar surface area (TPSA) is 66.7 Å². The molecule has 0 unspecified atom stereocenters. The Morgan fingerprint density at radius 2 is 1.91 bits per heavy atom. The molecular weight excluding hydrogens is 527 g/mol. The molecule has 2 aromatic heterocycles. The third kappa shape index (κ3) is 5.64. The van der Waals surface area contributed by atoms with E-state index in [2.05, 4.69) is 14.7 Å². The quantitative estimate of drug-likeness (QED) is 0.384. The molecule has 1 saturated heterocycles. The van der Waals surface area contributed by atoms with Gasteiger partial charge in [0.25, 0.3) is 11.8 Å². The van der Waals surface area contributed by atoms with E-state index in [-0.39, 0.29) is 24.2 Å². The highest BCUT2D eigenvalue weighted by Crippen LogP contribution is 2.34. The minimum Gasteiger partial charge on any atom is -0.352 e. The molecule has 2 aliphatic rings. The van der Waals surface area contributed by atoms with Crippen molar-refractivity contribution in [2.24, 2.45) is 5.92 Å². The van der Waals surface area contributed by atoms with Crippen molar-refractivity contribution in [2.45, 2.75) is 30.7 Å². The van der Waals surface area contributed by atoms with Gasteiger partial charge in [0.05, 0.1) is 31.9 Å². The first-order valence-electron chi connectivity index (χ1n) is 11.4. The predicted molar refractivity (Wildman–Crippen MR) is 144 cm³/mol. The zero-order valence-electron chi connectivity index (χ0n) is 18.9. The number of thioether (sulfide) groups is 1. The molecule has 3 aromatic rings. The maximum Gasteiger partial charge on any atom is 0.258 e. The molecule has 184 valence electrons. The summed E-state index contributed by atoms with van der Waals surface area (Å²) in [5, 5.41) is 4.91. The normalized spacial score (nSPS) is 15.5. The number of halogens is 3. The molecule has 6 nitrogen and oxygen atoms in total. The van der Waals surface area contributed by atoms with Crippen molar-refractivity contribution in [3.05, 3.63) is 68.8 Å². The lowest BCUT2D eigenvalue weighted by Crippen LogP contribution is -2.38. The van der Waals surface area contributed by atoms with Crippen LogP contribution in [0.4, 0.5) is 0 Å². The second kappa shape index (κ2) is 11.2. The number of carbonyl (C=O) groups is 2. The van der Waals surface area contributed by atoms with Crippen molar-refractivity contribution in [2.75, 3.05) is 19.6 Å². The standard InChI is InChI=1S/C25H24Cl2N4O2S.ClH/c26-19-7-6-17(13-20(19)27)25(33)30-11-8-16(9-12-30)3-2-10-28-24(32)21-14-18-15-29-22-4-1-5-23(34-21)31(18)22;/h1,4-7,13-16H,2-3,8-12H2,(H,28,32);1H. The van der Waals surface area contributed by atoms with E-state index in [1.165, 1.54) is 11.8 Å². The number of piperidine rings is 1. The molecule has 0 spiro atoms. The number of aromatic nitrogens is 2. The molecule has 1 N–H and O–H groups in total. The van der Waals surface area contributed by atoms with Gasteiger partial charge in [0.2, 0.25) is 0 Å². The minimum atomic E-state index is -0.0449. The molecule has 2 aliphatic heterocycles. The lowest BCUT2D eigenvalue weighted by molar-refractivity contribution is -0.116. The van der Waals surface area contributed by atoms with Crippen LogP contribution in [0.1, 0.15) is 41.7 Å². The molecule has 0 bridgehead atoms. The maximum atomic E-state index is 12.7. The number of hydrogen-bond donors (Lipinski definition) is 1. The Kier molecular flexibility index (Phi) is 8.32. The number of likely N-dealkylation sites (tertiary alicyclic amines) is 1. The Bertz CT molecular complexity index is 1280.